The predicted octanol–water partition coefficient (Wildman–Crippen LogP) is 3.29. The average Bonchev–Trinajstić information content (AvgIpc) is 2.83. The van der Waals surface area contributed by atoms with Gasteiger partial charge < -0.3 is 10.2 Å². The number of likely N-dealkylation sites (tertiary alicyclic amines) is 1. The number of hydrogen-bond acceptors (Lipinski definition) is 2. The minimum absolute atomic E-state index is 0.240. The van der Waals surface area contributed by atoms with Crippen LogP contribution in [-0.4, -0.2) is 30.4 Å². The molecular formula is C18H28N2O. The fourth-order valence-corrected chi connectivity index (χ4v) is 3.02. The number of carbonyl (C=O) groups excluding carboxylic acids is 1. The van der Waals surface area contributed by atoms with E-state index in [9.17, 15) is 4.79 Å². The van der Waals surface area contributed by atoms with E-state index in [2.05, 4.69) is 50.4 Å². The number of nitrogens with one attached hydrogen (secondary N) is 1. The van der Waals surface area contributed by atoms with E-state index in [4.69, 9.17) is 0 Å². The van der Waals surface area contributed by atoms with Crippen LogP contribution in [0.1, 0.15) is 50.3 Å². The molecule has 0 bridgehead atoms. The highest BCUT2D eigenvalue weighted by Crippen LogP contribution is 2.24. The number of nitrogens with zero attached hydrogens (tertiary/aromatic N) is 1. The summed E-state index contributed by atoms with van der Waals surface area (Å²) in [7, 11) is 0. The van der Waals surface area contributed by atoms with Crippen LogP contribution in [0.2, 0.25) is 0 Å². The average molecular weight is 288 g/mol. The van der Waals surface area contributed by atoms with Gasteiger partial charge in [-0.25, -0.2) is 0 Å². The largest absolute Gasteiger partial charge is 0.340 e. The first-order valence-electron chi connectivity index (χ1n) is 8.21. The van der Waals surface area contributed by atoms with E-state index in [-0.39, 0.29) is 6.04 Å². The summed E-state index contributed by atoms with van der Waals surface area (Å²) in [6.45, 7) is 9.17. The van der Waals surface area contributed by atoms with Gasteiger partial charge in [-0.3, -0.25) is 4.79 Å². The molecule has 2 atom stereocenters. The lowest BCUT2D eigenvalue weighted by Gasteiger charge is -2.26. The van der Waals surface area contributed by atoms with Gasteiger partial charge in [-0.1, -0.05) is 50.1 Å². The van der Waals surface area contributed by atoms with E-state index < -0.39 is 0 Å². The Balaban J connectivity index is 2.08. The molecule has 1 heterocycles. The fraction of sp³-hybridized carbons (Fsp3) is 0.611. The maximum Gasteiger partial charge on any atom is 0.222 e. The van der Waals surface area contributed by atoms with Gasteiger partial charge in [-0.15, -0.1) is 0 Å². The highest BCUT2D eigenvalue weighted by molar-refractivity contribution is 5.78. The van der Waals surface area contributed by atoms with E-state index in [0.717, 1.165) is 38.9 Å². The normalized spacial score (nSPS) is 20.0. The molecular weight excluding hydrogens is 260 g/mol. The first-order valence-corrected chi connectivity index (χ1v) is 8.21. The second kappa shape index (κ2) is 7.60. The molecule has 21 heavy (non-hydrogen) atoms. The summed E-state index contributed by atoms with van der Waals surface area (Å²) in [4.78, 5) is 14.2. The van der Waals surface area contributed by atoms with Crippen molar-refractivity contribution in [1.82, 2.24) is 10.2 Å². The fourth-order valence-electron chi connectivity index (χ4n) is 3.02. The van der Waals surface area contributed by atoms with Crippen LogP contribution in [0.25, 0.3) is 0 Å². The summed E-state index contributed by atoms with van der Waals surface area (Å²) >= 11 is 0. The minimum Gasteiger partial charge on any atom is -0.340 e. The number of hydrogen-bond donors (Lipinski definition) is 1. The van der Waals surface area contributed by atoms with E-state index >= 15 is 0 Å². The Kier molecular flexibility index (Phi) is 5.80. The molecule has 3 nitrogen and oxygen atoms in total. The summed E-state index contributed by atoms with van der Waals surface area (Å²) in [5.74, 6) is 0.861. The highest BCUT2D eigenvalue weighted by atomic mass is 16.2. The van der Waals surface area contributed by atoms with Crippen LogP contribution < -0.4 is 5.32 Å². The Hall–Kier alpha value is -1.35. The van der Waals surface area contributed by atoms with Crippen molar-refractivity contribution in [3.63, 3.8) is 0 Å². The third-order valence-corrected chi connectivity index (χ3v) is 4.36. The molecule has 1 fully saturated rings. The summed E-state index contributed by atoms with van der Waals surface area (Å²) < 4.78 is 0. The standard InChI is InChI=1S/C18H28N2O/c1-4-9-19-17(16-8-6-7-14(3)10-16)13-20-12-15(5-2)11-18(20)21/h6-8,10,15,17,19H,4-5,9,11-13H2,1-3H3. The second-order valence-corrected chi connectivity index (χ2v) is 6.20. The second-order valence-electron chi connectivity index (χ2n) is 6.20. The summed E-state index contributed by atoms with van der Waals surface area (Å²) in [5, 5.41) is 3.60. The number of benzene rings is 1. The van der Waals surface area contributed by atoms with Crippen molar-refractivity contribution in [2.24, 2.45) is 5.92 Å². The molecule has 1 aliphatic heterocycles. The SMILES string of the molecule is CCCNC(CN1CC(CC)CC1=O)c1cccc(C)c1. The highest BCUT2D eigenvalue weighted by Gasteiger charge is 2.30. The van der Waals surface area contributed by atoms with Crippen LogP contribution in [0.3, 0.4) is 0 Å². The third kappa shape index (κ3) is 4.31. The molecule has 0 saturated carbocycles. The first-order chi connectivity index (χ1) is 10.1. The summed E-state index contributed by atoms with van der Waals surface area (Å²) in [6.07, 6.45) is 2.93. The van der Waals surface area contributed by atoms with Crippen molar-refractivity contribution < 1.29 is 4.79 Å². The van der Waals surface area contributed by atoms with Gasteiger partial charge in [-0.05, 0) is 31.4 Å². The Morgan fingerprint density at radius 3 is 2.81 bits per heavy atom. The number of carbonyl (C=O) groups is 1. The Bertz CT molecular complexity index is 472. The zero-order chi connectivity index (χ0) is 15.2. The molecule has 1 saturated heterocycles. The number of aryl methyl sites for hydroxylation is 1. The zero-order valence-electron chi connectivity index (χ0n) is 13.6. The number of amides is 1. The summed E-state index contributed by atoms with van der Waals surface area (Å²) in [6, 6.07) is 8.86. The monoisotopic (exact) mass is 288 g/mol. The first kappa shape index (κ1) is 16.0. The van der Waals surface area contributed by atoms with Crippen LogP contribution in [0.5, 0.6) is 0 Å². The van der Waals surface area contributed by atoms with Crippen LogP contribution in [0.4, 0.5) is 0 Å². The lowest BCUT2D eigenvalue weighted by Crippen LogP contribution is -2.36. The van der Waals surface area contributed by atoms with E-state index in [0.29, 0.717) is 11.8 Å². The van der Waals surface area contributed by atoms with Crippen LogP contribution in [0, 0.1) is 12.8 Å². The van der Waals surface area contributed by atoms with Crippen molar-refractivity contribution >= 4 is 5.91 Å². The molecule has 2 unspecified atom stereocenters. The van der Waals surface area contributed by atoms with Gasteiger partial charge in [0, 0.05) is 25.6 Å². The van der Waals surface area contributed by atoms with E-state index in [1.165, 1.54) is 11.1 Å². The lowest BCUT2D eigenvalue weighted by molar-refractivity contribution is -0.128. The Morgan fingerprint density at radius 1 is 1.38 bits per heavy atom. The zero-order valence-corrected chi connectivity index (χ0v) is 13.6. The maximum absolute atomic E-state index is 12.1. The molecule has 3 heteroatoms. The Labute approximate surface area is 128 Å². The van der Waals surface area contributed by atoms with Gasteiger partial charge in [0.2, 0.25) is 5.91 Å². The molecule has 1 N–H and O–H groups in total. The molecule has 2 rings (SSSR count). The molecule has 1 aliphatic rings. The van der Waals surface area contributed by atoms with E-state index in [1.54, 1.807) is 0 Å². The van der Waals surface area contributed by atoms with Gasteiger partial charge in [0.1, 0.15) is 0 Å². The van der Waals surface area contributed by atoms with Crippen molar-refractivity contribution in [2.45, 2.75) is 46.1 Å². The van der Waals surface area contributed by atoms with Gasteiger partial charge in [0.05, 0.1) is 0 Å². The van der Waals surface area contributed by atoms with Crippen molar-refractivity contribution in [2.75, 3.05) is 19.6 Å². The van der Waals surface area contributed by atoms with Gasteiger partial charge in [-0.2, -0.15) is 0 Å². The molecule has 0 spiro atoms. The molecule has 1 aromatic rings. The molecule has 116 valence electrons. The maximum atomic E-state index is 12.1. The van der Waals surface area contributed by atoms with Crippen molar-refractivity contribution in [3.8, 4) is 0 Å². The van der Waals surface area contributed by atoms with Gasteiger partial charge >= 0.3 is 0 Å². The number of rotatable bonds is 7. The lowest BCUT2D eigenvalue weighted by atomic mass is 10.0. The van der Waals surface area contributed by atoms with Crippen LogP contribution in [0.15, 0.2) is 24.3 Å². The molecule has 0 aromatic heterocycles. The van der Waals surface area contributed by atoms with Crippen molar-refractivity contribution in [3.05, 3.63) is 35.4 Å². The van der Waals surface area contributed by atoms with E-state index in [1.807, 2.05) is 4.90 Å². The topological polar surface area (TPSA) is 32.3 Å². The van der Waals surface area contributed by atoms with Crippen LogP contribution >= 0.6 is 0 Å². The Morgan fingerprint density at radius 2 is 2.19 bits per heavy atom. The predicted molar refractivity (Wildman–Crippen MR) is 87.2 cm³/mol. The quantitative estimate of drug-likeness (QED) is 0.835. The minimum atomic E-state index is 0.240. The molecule has 0 radical (unpaired) electrons. The van der Waals surface area contributed by atoms with Gasteiger partial charge in [0.25, 0.3) is 0 Å². The van der Waals surface area contributed by atoms with Crippen molar-refractivity contribution in [1.29, 1.82) is 0 Å². The van der Waals surface area contributed by atoms with Crippen LogP contribution in [-0.2, 0) is 4.79 Å². The molecule has 0 aliphatic carbocycles. The smallest absolute Gasteiger partial charge is 0.222 e. The molecule has 1 amide bonds. The third-order valence-electron chi connectivity index (χ3n) is 4.36. The summed E-state index contributed by atoms with van der Waals surface area (Å²) in [5.41, 5.74) is 2.56. The molecule has 1 aromatic carbocycles. The van der Waals surface area contributed by atoms with Gasteiger partial charge in [0.15, 0.2) is 0 Å².